The molecule has 2 fully saturated rings. The van der Waals surface area contributed by atoms with Crippen LogP contribution in [0.15, 0.2) is 11.6 Å². The summed E-state index contributed by atoms with van der Waals surface area (Å²) in [6, 6.07) is -0.378. The zero-order valence-corrected chi connectivity index (χ0v) is 11.5. The Balaban J connectivity index is 2.25. The van der Waals surface area contributed by atoms with Crippen LogP contribution in [0, 0.1) is 5.92 Å². The normalized spacial score (nSPS) is 33.1. The quantitative estimate of drug-likeness (QED) is 0.844. The zero-order valence-electron chi connectivity index (χ0n) is 10.8. The number of amides is 2. The third-order valence-corrected chi connectivity index (χ3v) is 4.12. The number of carbonyl (C=O) groups is 2. The van der Waals surface area contributed by atoms with Crippen LogP contribution >= 0.6 is 11.6 Å². The lowest BCUT2D eigenvalue weighted by atomic mass is 9.89. The van der Waals surface area contributed by atoms with Crippen molar-refractivity contribution < 1.29 is 9.59 Å². The highest BCUT2D eigenvalue weighted by Crippen LogP contribution is 2.42. The lowest BCUT2D eigenvalue weighted by molar-refractivity contribution is -0.154. The van der Waals surface area contributed by atoms with Gasteiger partial charge in [0.1, 0.15) is 11.6 Å². The Morgan fingerprint density at radius 2 is 2.17 bits per heavy atom. The Morgan fingerprint density at radius 3 is 2.67 bits per heavy atom. The summed E-state index contributed by atoms with van der Waals surface area (Å²) in [4.78, 5) is 26.4. The van der Waals surface area contributed by atoms with Crippen LogP contribution in [0.3, 0.4) is 0 Å². The fourth-order valence-electron chi connectivity index (χ4n) is 2.68. The Morgan fingerprint density at radius 1 is 1.50 bits per heavy atom. The predicted molar refractivity (Wildman–Crippen MR) is 70.1 cm³/mol. The van der Waals surface area contributed by atoms with E-state index in [4.69, 9.17) is 11.6 Å². The molecule has 1 aliphatic carbocycles. The average molecular weight is 271 g/mol. The summed E-state index contributed by atoms with van der Waals surface area (Å²) in [7, 11) is 0. The number of carbonyl (C=O) groups excluding carboxylic acids is 2. The fraction of sp³-hybridized carbons (Fsp3) is 0.692. The van der Waals surface area contributed by atoms with E-state index in [2.05, 4.69) is 5.32 Å². The first-order chi connectivity index (χ1) is 8.54. The summed E-state index contributed by atoms with van der Waals surface area (Å²) >= 11 is 5.52. The van der Waals surface area contributed by atoms with Gasteiger partial charge in [0.25, 0.3) is 0 Å². The number of hydrogen-bond donors (Lipinski definition) is 1. The maximum Gasteiger partial charge on any atom is 0.249 e. The predicted octanol–water partition coefficient (Wildman–Crippen LogP) is 1.64. The second kappa shape index (κ2) is 4.92. The molecule has 5 heteroatoms. The van der Waals surface area contributed by atoms with Crippen molar-refractivity contribution in [1.82, 2.24) is 10.2 Å². The third-order valence-electron chi connectivity index (χ3n) is 3.94. The van der Waals surface area contributed by atoms with Crippen molar-refractivity contribution >= 4 is 23.4 Å². The summed E-state index contributed by atoms with van der Waals surface area (Å²) in [5.74, 6) is 0.259. The molecular weight excluding hydrogens is 252 g/mol. The van der Waals surface area contributed by atoms with Crippen LogP contribution in [-0.2, 0) is 9.59 Å². The molecule has 2 amide bonds. The van der Waals surface area contributed by atoms with Crippen LogP contribution in [0.1, 0.15) is 33.1 Å². The van der Waals surface area contributed by atoms with Crippen LogP contribution in [-0.4, -0.2) is 34.8 Å². The molecule has 0 radical (unpaired) electrons. The number of piperazine rings is 1. The summed E-state index contributed by atoms with van der Waals surface area (Å²) in [5, 5.41) is 2.92. The van der Waals surface area contributed by atoms with Crippen LogP contribution in [0.25, 0.3) is 0 Å². The minimum absolute atomic E-state index is 0.0196. The van der Waals surface area contributed by atoms with Crippen molar-refractivity contribution in [1.29, 1.82) is 0 Å². The molecule has 2 aliphatic rings. The Labute approximate surface area is 112 Å². The van der Waals surface area contributed by atoms with E-state index in [1.807, 2.05) is 13.8 Å². The minimum Gasteiger partial charge on any atom is -0.340 e. The van der Waals surface area contributed by atoms with Crippen molar-refractivity contribution in [2.24, 2.45) is 5.92 Å². The molecule has 1 saturated heterocycles. The first-order valence-electron chi connectivity index (χ1n) is 6.43. The molecule has 2 atom stereocenters. The highest BCUT2D eigenvalue weighted by Gasteiger charge is 2.54. The van der Waals surface area contributed by atoms with Gasteiger partial charge in [0, 0.05) is 12.1 Å². The maximum absolute atomic E-state index is 12.6. The molecule has 1 aliphatic heterocycles. The van der Waals surface area contributed by atoms with E-state index >= 15 is 0 Å². The Bertz CT molecular complexity index is 392. The van der Waals surface area contributed by atoms with Gasteiger partial charge >= 0.3 is 0 Å². The molecule has 0 aromatic heterocycles. The van der Waals surface area contributed by atoms with Crippen LogP contribution in [0.5, 0.6) is 0 Å². The van der Waals surface area contributed by atoms with E-state index in [1.165, 1.54) is 5.54 Å². The van der Waals surface area contributed by atoms with Gasteiger partial charge < -0.3 is 10.2 Å². The molecule has 1 N–H and O–H groups in total. The molecule has 0 spiro atoms. The second-order valence-corrected chi connectivity index (χ2v) is 5.46. The first kappa shape index (κ1) is 13.4. The van der Waals surface area contributed by atoms with Gasteiger partial charge in [0.15, 0.2) is 0 Å². The molecule has 0 bridgehead atoms. The molecule has 2 unspecified atom stereocenters. The highest BCUT2D eigenvalue weighted by atomic mass is 35.5. The first-order valence-corrected chi connectivity index (χ1v) is 6.86. The number of hydrogen-bond acceptors (Lipinski definition) is 2. The number of nitrogens with zero attached hydrogens (tertiary/aromatic N) is 1. The zero-order chi connectivity index (χ0) is 13.3. The van der Waals surface area contributed by atoms with Gasteiger partial charge in [-0.05, 0) is 32.1 Å². The Hall–Kier alpha value is -1.03. The molecule has 4 nitrogen and oxygen atoms in total. The van der Waals surface area contributed by atoms with E-state index in [1.54, 1.807) is 11.0 Å². The van der Waals surface area contributed by atoms with Crippen molar-refractivity contribution in [3.63, 3.8) is 0 Å². The lowest BCUT2D eigenvalue weighted by Crippen LogP contribution is -2.70. The van der Waals surface area contributed by atoms with E-state index in [0.29, 0.717) is 13.0 Å². The maximum atomic E-state index is 12.6. The van der Waals surface area contributed by atoms with Crippen molar-refractivity contribution in [3.8, 4) is 0 Å². The monoisotopic (exact) mass is 270 g/mol. The van der Waals surface area contributed by atoms with E-state index in [-0.39, 0.29) is 23.8 Å². The largest absolute Gasteiger partial charge is 0.340 e. The van der Waals surface area contributed by atoms with E-state index in [9.17, 15) is 9.59 Å². The number of halogens is 1. The van der Waals surface area contributed by atoms with Crippen LogP contribution in [0.4, 0.5) is 0 Å². The third kappa shape index (κ3) is 2.14. The van der Waals surface area contributed by atoms with Gasteiger partial charge in [-0.25, -0.2) is 0 Å². The lowest BCUT2D eigenvalue weighted by Gasteiger charge is -2.44. The number of nitrogens with one attached hydrogen (secondary N) is 1. The molecule has 18 heavy (non-hydrogen) atoms. The van der Waals surface area contributed by atoms with Gasteiger partial charge in [0.2, 0.25) is 11.8 Å². The summed E-state index contributed by atoms with van der Waals surface area (Å²) in [6.07, 6.45) is 4.35. The van der Waals surface area contributed by atoms with Crippen LogP contribution in [0.2, 0.25) is 0 Å². The highest BCUT2D eigenvalue weighted by molar-refractivity contribution is 6.25. The minimum atomic E-state index is -0.719. The van der Waals surface area contributed by atoms with Gasteiger partial charge in [-0.1, -0.05) is 24.6 Å². The van der Waals surface area contributed by atoms with Crippen LogP contribution < -0.4 is 5.32 Å². The summed E-state index contributed by atoms with van der Waals surface area (Å²) in [5.41, 5.74) is 0.671. The molecule has 0 aromatic carbocycles. The summed E-state index contributed by atoms with van der Waals surface area (Å²) in [6.45, 7) is 4.15. The van der Waals surface area contributed by atoms with Gasteiger partial charge in [-0.15, -0.1) is 0 Å². The van der Waals surface area contributed by atoms with Gasteiger partial charge in [-0.3, -0.25) is 9.59 Å². The average Bonchev–Trinajstić information content (AvgIpc) is 3.16. The standard InChI is InChI=1S/C13H19ClN2O2/c1-3-10-11(17)15-13(2,9-5-6-9)12(18)16(10)8-4-7-14/h4,7,9-10H,3,5-6,8H2,1-2H3,(H,15,17)/b7-4+. The molecule has 0 aromatic rings. The van der Waals surface area contributed by atoms with Crippen molar-refractivity contribution in [2.45, 2.75) is 44.7 Å². The van der Waals surface area contributed by atoms with Gasteiger partial charge in [0.05, 0.1) is 0 Å². The fourth-order valence-corrected chi connectivity index (χ4v) is 2.76. The topological polar surface area (TPSA) is 49.4 Å². The van der Waals surface area contributed by atoms with Crippen molar-refractivity contribution in [3.05, 3.63) is 11.6 Å². The molecule has 2 rings (SSSR count). The molecule has 1 saturated carbocycles. The van der Waals surface area contributed by atoms with E-state index < -0.39 is 5.54 Å². The smallest absolute Gasteiger partial charge is 0.249 e. The van der Waals surface area contributed by atoms with E-state index in [0.717, 1.165) is 12.8 Å². The summed E-state index contributed by atoms with van der Waals surface area (Å²) < 4.78 is 0. The molecule has 1 heterocycles. The molecular formula is C13H19ClN2O2. The molecule has 100 valence electrons. The van der Waals surface area contributed by atoms with Crippen molar-refractivity contribution in [2.75, 3.05) is 6.54 Å². The second-order valence-electron chi connectivity index (χ2n) is 5.21. The Kier molecular flexibility index (Phi) is 3.66. The number of rotatable bonds is 4. The van der Waals surface area contributed by atoms with Gasteiger partial charge in [-0.2, -0.15) is 0 Å². The SMILES string of the molecule is CCC1C(=O)NC(C)(C2CC2)C(=O)N1C/C=C/Cl.